The second kappa shape index (κ2) is 8.14. The first-order valence-electron chi connectivity index (χ1n) is 10.00. The molecule has 0 saturated heterocycles. The SMILES string of the molecule is NC1=NC(Nc2ccc(S(N)(=O)=O)cc2)(n2cccc2)NN1C(=O)c1sccc1-n1cccc1. The molecule has 4 heterocycles. The molecule has 11 nitrogen and oxygen atoms in total. The molecule has 0 radical (unpaired) electrons. The predicted molar refractivity (Wildman–Crippen MR) is 128 cm³/mol. The van der Waals surface area contributed by atoms with Gasteiger partial charge in [-0.25, -0.2) is 18.6 Å². The molecule has 1 unspecified atom stereocenters. The molecule has 0 aliphatic carbocycles. The highest BCUT2D eigenvalue weighted by molar-refractivity contribution is 7.89. The normalized spacial score (nSPS) is 18.1. The molecule has 1 aromatic carbocycles. The van der Waals surface area contributed by atoms with Crippen LogP contribution < -0.4 is 21.6 Å². The quantitative estimate of drug-likeness (QED) is 0.318. The number of hydrazine groups is 1. The van der Waals surface area contributed by atoms with Crippen molar-refractivity contribution in [3.05, 3.63) is 89.6 Å². The van der Waals surface area contributed by atoms with Gasteiger partial charge in [-0.1, -0.05) is 0 Å². The number of aliphatic imine (C=N–C) groups is 1. The summed E-state index contributed by atoms with van der Waals surface area (Å²) in [7, 11) is -3.83. The van der Waals surface area contributed by atoms with Gasteiger partial charge in [0, 0.05) is 30.5 Å². The summed E-state index contributed by atoms with van der Waals surface area (Å²) in [5, 5.41) is 11.4. The second-order valence-corrected chi connectivity index (χ2v) is 9.88. The number of anilines is 1. The highest BCUT2D eigenvalue weighted by atomic mass is 32.2. The van der Waals surface area contributed by atoms with E-state index < -0.39 is 15.9 Å². The fraction of sp³-hybridized carbons (Fsp3) is 0.0476. The van der Waals surface area contributed by atoms with E-state index >= 15 is 0 Å². The molecule has 0 bridgehead atoms. The lowest BCUT2D eigenvalue weighted by Gasteiger charge is -2.31. The standard InChI is InChI=1S/C21H20N8O3S2/c22-20-25-21(28-12-3-4-13-28,24-15-5-7-16(8-6-15)34(23,31)32)26-29(20)19(30)18-17(9-14-33-18)27-10-1-2-11-27/h1-14,24,26H,(H2,22,25)(H2,23,31,32). The van der Waals surface area contributed by atoms with Crippen molar-refractivity contribution in [1.29, 1.82) is 0 Å². The van der Waals surface area contributed by atoms with Gasteiger partial charge in [0.05, 0.1) is 10.6 Å². The van der Waals surface area contributed by atoms with Crippen LogP contribution in [0.2, 0.25) is 0 Å². The molecule has 1 amide bonds. The lowest BCUT2D eigenvalue weighted by atomic mass is 10.3. The fourth-order valence-electron chi connectivity index (χ4n) is 3.59. The van der Waals surface area contributed by atoms with Crippen molar-refractivity contribution in [2.75, 3.05) is 5.32 Å². The maximum Gasteiger partial charge on any atom is 0.292 e. The summed E-state index contributed by atoms with van der Waals surface area (Å²) >= 11 is 1.29. The van der Waals surface area contributed by atoms with E-state index in [0.29, 0.717) is 10.6 Å². The van der Waals surface area contributed by atoms with Gasteiger partial charge in [-0.2, -0.15) is 10.4 Å². The summed E-state index contributed by atoms with van der Waals surface area (Å²) in [6, 6.07) is 15.0. The van der Waals surface area contributed by atoms with Crippen LogP contribution in [-0.4, -0.2) is 34.4 Å². The zero-order valence-electron chi connectivity index (χ0n) is 17.6. The first-order valence-corrected chi connectivity index (χ1v) is 12.4. The van der Waals surface area contributed by atoms with Gasteiger partial charge in [0.15, 0.2) is 0 Å². The smallest absolute Gasteiger partial charge is 0.292 e. The number of hydrogen-bond donors (Lipinski definition) is 4. The monoisotopic (exact) mass is 496 g/mol. The molecule has 0 spiro atoms. The van der Waals surface area contributed by atoms with Gasteiger partial charge < -0.3 is 15.6 Å². The van der Waals surface area contributed by atoms with E-state index in [2.05, 4.69) is 15.7 Å². The Kier molecular flexibility index (Phi) is 5.25. The van der Waals surface area contributed by atoms with Gasteiger partial charge in [-0.3, -0.25) is 9.36 Å². The Labute approximate surface area is 198 Å². The Bertz CT molecular complexity index is 1460. The number of benzene rings is 1. The van der Waals surface area contributed by atoms with Crippen LogP contribution in [0.1, 0.15) is 9.67 Å². The third kappa shape index (κ3) is 3.86. The van der Waals surface area contributed by atoms with Gasteiger partial charge in [-0.05, 0) is 60.0 Å². The van der Waals surface area contributed by atoms with Crippen LogP contribution in [-0.2, 0) is 15.9 Å². The van der Waals surface area contributed by atoms with Crippen molar-refractivity contribution in [3.63, 3.8) is 0 Å². The van der Waals surface area contributed by atoms with Crippen molar-refractivity contribution in [3.8, 4) is 5.69 Å². The molecule has 1 atom stereocenters. The number of hydrogen-bond acceptors (Lipinski definition) is 8. The second-order valence-electron chi connectivity index (χ2n) is 7.40. The Balaban J connectivity index is 1.48. The fourth-order valence-corrected chi connectivity index (χ4v) is 4.92. The maximum atomic E-state index is 13.5. The van der Waals surface area contributed by atoms with E-state index in [1.165, 1.54) is 28.5 Å². The summed E-state index contributed by atoms with van der Waals surface area (Å²) in [6.45, 7) is 0. The molecular formula is C21H20N8O3S2. The molecule has 5 rings (SSSR count). The van der Waals surface area contributed by atoms with Crippen LogP contribution in [0.15, 0.2) is 94.7 Å². The van der Waals surface area contributed by atoms with Gasteiger partial charge in [-0.15, -0.1) is 11.3 Å². The maximum absolute atomic E-state index is 13.5. The van der Waals surface area contributed by atoms with Crippen molar-refractivity contribution >= 4 is 38.9 Å². The Morgan fingerprint density at radius 2 is 1.68 bits per heavy atom. The first-order chi connectivity index (χ1) is 16.3. The number of guanidine groups is 1. The molecule has 1 aliphatic heterocycles. The van der Waals surface area contributed by atoms with E-state index in [-0.39, 0.29) is 16.8 Å². The highest BCUT2D eigenvalue weighted by Crippen LogP contribution is 2.28. The van der Waals surface area contributed by atoms with E-state index in [1.54, 1.807) is 41.2 Å². The molecule has 0 fully saturated rings. The number of rotatable bonds is 6. The number of nitrogens with one attached hydrogen (secondary N) is 2. The van der Waals surface area contributed by atoms with Gasteiger partial charge >= 0.3 is 0 Å². The van der Waals surface area contributed by atoms with Crippen molar-refractivity contribution in [1.82, 2.24) is 19.6 Å². The zero-order chi connectivity index (χ0) is 23.9. The van der Waals surface area contributed by atoms with E-state index in [0.717, 1.165) is 5.69 Å². The molecule has 3 aromatic heterocycles. The van der Waals surface area contributed by atoms with E-state index in [4.69, 9.17) is 10.9 Å². The molecule has 4 aromatic rings. The molecule has 34 heavy (non-hydrogen) atoms. The van der Waals surface area contributed by atoms with Gasteiger partial charge in [0.2, 0.25) is 16.0 Å². The number of amides is 1. The topological polar surface area (TPSA) is 153 Å². The Morgan fingerprint density at radius 1 is 1.03 bits per heavy atom. The minimum Gasteiger partial charge on any atom is -0.368 e. The number of aromatic nitrogens is 2. The summed E-state index contributed by atoms with van der Waals surface area (Å²) < 4.78 is 26.7. The number of carbonyl (C=O) groups excluding carboxylic acids is 1. The van der Waals surface area contributed by atoms with E-state index in [1.807, 2.05) is 40.5 Å². The van der Waals surface area contributed by atoms with Crippen molar-refractivity contribution in [2.24, 2.45) is 15.9 Å². The number of sulfonamides is 1. The first kappa shape index (κ1) is 21.9. The lowest BCUT2D eigenvalue weighted by molar-refractivity contribution is 0.0725. The molecule has 13 heteroatoms. The molecule has 1 aliphatic rings. The third-order valence-corrected chi connectivity index (χ3v) is 7.00. The minimum atomic E-state index is -3.83. The van der Waals surface area contributed by atoms with Crippen LogP contribution in [0.5, 0.6) is 0 Å². The van der Waals surface area contributed by atoms with Crippen LogP contribution in [0.25, 0.3) is 5.69 Å². The van der Waals surface area contributed by atoms with Crippen LogP contribution in [0, 0.1) is 0 Å². The largest absolute Gasteiger partial charge is 0.368 e. The Morgan fingerprint density at radius 3 is 2.32 bits per heavy atom. The van der Waals surface area contributed by atoms with Crippen molar-refractivity contribution in [2.45, 2.75) is 10.8 Å². The van der Waals surface area contributed by atoms with Crippen LogP contribution in [0.4, 0.5) is 5.69 Å². The highest BCUT2D eigenvalue weighted by Gasteiger charge is 2.43. The number of thiophene rings is 1. The average Bonchev–Trinajstić information content (AvgIpc) is 3.60. The lowest BCUT2D eigenvalue weighted by Crippen LogP contribution is -2.56. The predicted octanol–water partition coefficient (Wildman–Crippen LogP) is 1.64. The number of nitrogens with zero attached hydrogens (tertiary/aromatic N) is 4. The summed E-state index contributed by atoms with van der Waals surface area (Å²) in [5.74, 6) is -1.79. The van der Waals surface area contributed by atoms with Gasteiger partial charge in [0.25, 0.3) is 11.8 Å². The molecule has 0 saturated carbocycles. The molecular weight excluding hydrogens is 476 g/mol. The Hall–Kier alpha value is -3.91. The van der Waals surface area contributed by atoms with Crippen LogP contribution in [0.3, 0.4) is 0 Å². The average molecular weight is 497 g/mol. The van der Waals surface area contributed by atoms with Crippen LogP contribution >= 0.6 is 11.3 Å². The third-order valence-electron chi connectivity index (χ3n) is 5.18. The van der Waals surface area contributed by atoms with Gasteiger partial charge in [0.1, 0.15) is 4.88 Å². The minimum absolute atomic E-state index is 0.0255. The zero-order valence-corrected chi connectivity index (χ0v) is 19.2. The summed E-state index contributed by atoms with van der Waals surface area (Å²) in [4.78, 5) is 18.5. The van der Waals surface area contributed by atoms with Crippen molar-refractivity contribution < 1.29 is 13.2 Å². The summed E-state index contributed by atoms with van der Waals surface area (Å²) in [6.07, 6.45) is 7.20. The van der Waals surface area contributed by atoms with E-state index in [9.17, 15) is 13.2 Å². The molecule has 174 valence electrons. The number of nitrogens with two attached hydrogens (primary N) is 2. The molecule has 6 N–H and O–H groups in total. The number of carbonyl (C=O) groups is 1. The number of primary sulfonamides is 1. The summed E-state index contributed by atoms with van der Waals surface area (Å²) in [5.41, 5.74) is 10.5.